The molecule has 10 aromatic rings. The van der Waals surface area contributed by atoms with Crippen LogP contribution in [0.2, 0.25) is 0 Å². The Balaban J connectivity index is 0.00000272. The molecule has 4 heterocycles. The van der Waals surface area contributed by atoms with E-state index in [1.807, 2.05) is 89.8 Å². The van der Waals surface area contributed by atoms with Crippen molar-refractivity contribution in [2.24, 2.45) is 0 Å². The fraction of sp³-hybridized carbons (Fsp3) is 0.0741. The Bertz CT molecular complexity index is 3000. The molecule has 10 rings (SSSR count). The molecule has 0 fully saturated rings. The molecular formula is C54H37N5O2Pd2. The molecule has 9 heteroatoms. The van der Waals surface area contributed by atoms with Crippen LogP contribution in [-0.4, -0.2) is 24.5 Å². The van der Waals surface area contributed by atoms with E-state index in [1.165, 1.54) is 33.4 Å². The van der Waals surface area contributed by atoms with Crippen molar-refractivity contribution in [3.8, 4) is 73.7 Å². The fourth-order valence-corrected chi connectivity index (χ4v) is 8.04. The summed E-state index contributed by atoms with van der Waals surface area (Å²) in [5, 5.41) is 1.87. The second-order valence-corrected chi connectivity index (χ2v) is 15.0. The van der Waals surface area contributed by atoms with Crippen molar-refractivity contribution in [3.63, 3.8) is 0 Å². The van der Waals surface area contributed by atoms with Crippen molar-refractivity contribution < 1.29 is 50.3 Å². The van der Waals surface area contributed by atoms with E-state index in [9.17, 15) is 0 Å². The van der Waals surface area contributed by atoms with E-state index in [0.29, 0.717) is 28.9 Å². The predicted molar refractivity (Wildman–Crippen MR) is 241 cm³/mol. The summed E-state index contributed by atoms with van der Waals surface area (Å²) in [4.78, 5) is 18.8. The Labute approximate surface area is 394 Å². The van der Waals surface area contributed by atoms with Crippen LogP contribution in [0.5, 0.6) is 23.0 Å². The first-order chi connectivity index (χ1) is 29.9. The Hall–Kier alpha value is -6.58. The van der Waals surface area contributed by atoms with Crippen LogP contribution in [0, 0.1) is 52.0 Å². The molecule has 0 spiro atoms. The van der Waals surface area contributed by atoms with Crippen LogP contribution >= 0.6 is 0 Å². The van der Waals surface area contributed by atoms with E-state index >= 15 is 0 Å². The molecule has 6 aromatic carbocycles. The minimum absolute atomic E-state index is 0. The molecule has 0 aliphatic carbocycles. The summed E-state index contributed by atoms with van der Waals surface area (Å²) in [5.74, 6) is 2.58. The molecule has 7 nitrogen and oxygen atoms in total. The summed E-state index contributed by atoms with van der Waals surface area (Å²) in [6, 6.07) is 56.0. The first kappa shape index (κ1) is 43.1. The maximum atomic E-state index is 6.41. The van der Waals surface area contributed by atoms with Gasteiger partial charge in [0, 0.05) is 47.8 Å². The summed E-state index contributed by atoms with van der Waals surface area (Å²) in [7, 11) is 0. The van der Waals surface area contributed by atoms with Gasteiger partial charge >= 0.3 is 40.8 Å². The molecule has 0 saturated heterocycles. The third kappa shape index (κ3) is 8.63. The number of ether oxygens (including phenoxy) is 2. The summed E-state index contributed by atoms with van der Waals surface area (Å²) in [5.41, 5.74) is 14.2. The molecule has 0 bridgehead atoms. The Morgan fingerprint density at radius 1 is 0.413 bits per heavy atom. The SMILES string of the molecule is Cc1cccc(C)c1-c1ccc(-c2[c-]c(Oc3[c-]c4c(cc3)c3ccc(Oc5[c-]c(-c6ccc(-c7c(C)cccc7C)cn6)ccc5)[c-]c3n4-c3ncccn3)ccc2)nc1.[Pd+2].[Pd+2]. The number of pyridine rings is 2. The molecule has 63 heavy (non-hydrogen) atoms. The van der Waals surface area contributed by atoms with Crippen molar-refractivity contribution in [1.82, 2.24) is 24.5 Å². The van der Waals surface area contributed by atoms with Gasteiger partial charge in [0.2, 0.25) is 5.95 Å². The first-order valence-electron chi connectivity index (χ1n) is 20.0. The second-order valence-electron chi connectivity index (χ2n) is 15.0. The smallest absolute Gasteiger partial charge is 0.503 e. The number of aryl methyl sites for hydroxylation is 4. The first-order valence-corrected chi connectivity index (χ1v) is 20.0. The van der Waals surface area contributed by atoms with Crippen LogP contribution in [0.25, 0.3) is 72.5 Å². The van der Waals surface area contributed by atoms with E-state index < -0.39 is 0 Å². The summed E-state index contributed by atoms with van der Waals surface area (Å²) in [6.07, 6.45) is 7.28. The number of benzene rings is 6. The molecule has 0 saturated carbocycles. The molecule has 310 valence electrons. The molecule has 0 N–H and O–H groups in total. The third-order valence-corrected chi connectivity index (χ3v) is 10.9. The number of hydrogen-bond donors (Lipinski definition) is 0. The number of rotatable bonds is 9. The molecule has 0 radical (unpaired) electrons. The van der Waals surface area contributed by atoms with Crippen LogP contribution in [0.4, 0.5) is 0 Å². The van der Waals surface area contributed by atoms with Crippen molar-refractivity contribution in [2.45, 2.75) is 27.7 Å². The van der Waals surface area contributed by atoms with Crippen LogP contribution in [0.15, 0.2) is 152 Å². The second kappa shape index (κ2) is 18.4. The van der Waals surface area contributed by atoms with Crippen LogP contribution < -0.4 is 9.47 Å². The minimum atomic E-state index is 0. The average molecular weight is 1000 g/mol. The van der Waals surface area contributed by atoms with Crippen molar-refractivity contribution in [3.05, 3.63) is 199 Å². The molecule has 0 aliphatic heterocycles. The van der Waals surface area contributed by atoms with Gasteiger partial charge in [-0.3, -0.25) is 0 Å². The Morgan fingerprint density at radius 3 is 1.24 bits per heavy atom. The molecular weight excluding hydrogens is 963 g/mol. The number of fused-ring (bicyclic) bond motifs is 3. The van der Waals surface area contributed by atoms with Gasteiger partial charge in [0.1, 0.15) is 0 Å². The van der Waals surface area contributed by atoms with Gasteiger partial charge in [-0.05, 0) is 89.7 Å². The fourth-order valence-electron chi connectivity index (χ4n) is 8.04. The van der Waals surface area contributed by atoms with Crippen molar-refractivity contribution in [1.29, 1.82) is 0 Å². The minimum Gasteiger partial charge on any atom is -0.503 e. The van der Waals surface area contributed by atoms with E-state index in [1.54, 1.807) is 18.5 Å². The van der Waals surface area contributed by atoms with Crippen LogP contribution in [-0.2, 0) is 40.8 Å². The Kier molecular flexibility index (Phi) is 12.6. The van der Waals surface area contributed by atoms with Gasteiger partial charge in [0.05, 0.1) is 0 Å². The largest absolute Gasteiger partial charge is 2.00 e. The van der Waals surface area contributed by atoms with E-state index in [2.05, 4.69) is 110 Å². The molecule has 0 aliphatic rings. The molecule has 0 atom stereocenters. The third-order valence-electron chi connectivity index (χ3n) is 10.9. The number of nitrogens with zero attached hydrogens (tertiary/aromatic N) is 5. The van der Waals surface area contributed by atoms with Crippen molar-refractivity contribution in [2.75, 3.05) is 0 Å². The van der Waals surface area contributed by atoms with Gasteiger partial charge in [0.15, 0.2) is 0 Å². The van der Waals surface area contributed by atoms with Crippen molar-refractivity contribution >= 4 is 21.8 Å². The van der Waals surface area contributed by atoms with Gasteiger partial charge in [-0.1, -0.05) is 83.8 Å². The van der Waals surface area contributed by atoms with Gasteiger partial charge in [-0.15, -0.1) is 71.8 Å². The van der Waals surface area contributed by atoms with Gasteiger partial charge < -0.3 is 24.0 Å². The van der Waals surface area contributed by atoms with E-state index in [0.717, 1.165) is 55.4 Å². The van der Waals surface area contributed by atoms with Gasteiger partial charge in [-0.25, -0.2) is 9.97 Å². The topological polar surface area (TPSA) is 75.0 Å². The zero-order valence-electron chi connectivity index (χ0n) is 34.6. The maximum Gasteiger partial charge on any atom is 2.00 e. The molecule has 4 aromatic heterocycles. The summed E-state index contributed by atoms with van der Waals surface area (Å²) in [6.45, 7) is 8.51. The quantitative estimate of drug-likeness (QED) is 0.106. The van der Waals surface area contributed by atoms with Gasteiger partial charge in [0.25, 0.3) is 0 Å². The van der Waals surface area contributed by atoms with Crippen LogP contribution in [0.1, 0.15) is 22.3 Å². The average Bonchev–Trinajstić information content (AvgIpc) is 3.60. The van der Waals surface area contributed by atoms with Crippen LogP contribution in [0.3, 0.4) is 0 Å². The standard InChI is InChI=1S/C54H37N5O2.2Pd/c1-34-10-5-11-35(2)52(34)40-18-24-48(57-32-40)38-14-7-16-42(28-38)60-44-20-22-46-47-23-21-45(31-51(47)59(50(46)30-44)54-55-26-9-27-56-54)61-43-17-8-15-39(29-43)49-25-19-41(33-58-49)53-36(3)12-6-13-37(53)4;;/h5-27,32-33H,1-4H3;;/q-4;2*+2. The van der Waals surface area contributed by atoms with E-state index in [-0.39, 0.29) is 40.8 Å². The Morgan fingerprint density at radius 2 is 0.825 bits per heavy atom. The number of hydrogen-bond acceptors (Lipinski definition) is 6. The predicted octanol–water partition coefficient (Wildman–Crippen LogP) is 13.0. The van der Waals surface area contributed by atoms with Gasteiger partial charge in [-0.2, -0.15) is 22.9 Å². The zero-order chi connectivity index (χ0) is 41.5. The molecule has 0 amide bonds. The maximum absolute atomic E-state index is 6.41. The zero-order valence-corrected chi connectivity index (χ0v) is 37.7. The summed E-state index contributed by atoms with van der Waals surface area (Å²) < 4.78 is 14.7. The number of aromatic nitrogens is 5. The summed E-state index contributed by atoms with van der Waals surface area (Å²) >= 11 is 0. The normalized spacial score (nSPS) is 10.9. The molecule has 0 unspecified atom stereocenters. The van der Waals surface area contributed by atoms with E-state index in [4.69, 9.17) is 19.4 Å². The monoisotopic (exact) mass is 999 g/mol.